The molecule has 20 heavy (non-hydrogen) atoms. The summed E-state index contributed by atoms with van der Waals surface area (Å²) < 4.78 is 13.6. The minimum Gasteiger partial charge on any atom is -0.478 e. The number of hydrogen-bond acceptors (Lipinski definition) is 3. The quantitative estimate of drug-likeness (QED) is 0.901. The standard InChI is InChI=1S/C14H11FN2O3/c1-8-2-3-10(11(15)6-8)13(18)17-12-7-9(14(19)20)4-5-16-12/h2-7H,1H3,(H,19,20)(H,16,17,18). The molecule has 0 atom stereocenters. The third kappa shape index (κ3) is 2.97. The minimum atomic E-state index is -1.13. The molecule has 2 aromatic rings. The summed E-state index contributed by atoms with van der Waals surface area (Å²) in [5.74, 6) is -2.41. The van der Waals surface area contributed by atoms with E-state index in [0.29, 0.717) is 5.56 Å². The molecular formula is C14H11FN2O3. The molecule has 6 heteroatoms. The smallest absolute Gasteiger partial charge is 0.335 e. The van der Waals surface area contributed by atoms with E-state index in [-0.39, 0.29) is 16.9 Å². The molecule has 0 radical (unpaired) electrons. The molecule has 0 bridgehead atoms. The first-order valence-electron chi connectivity index (χ1n) is 5.74. The van der Waals surface area contributed by atoms with Crippen LogP contribution in [0.3, 0.4) is 0 Å². The van der Waals surface area contributed by atoms with Gasteiger partial charge in [-0.2, -0.15) is 0 Å². The van der Waals surface area contributed by atoms with Gasteiger partial charge in [-0.05, 0) is 36.8 Å². The van der Waals surface area contributed by atoms with E-state index >= 15 is 0 Å². The van der Waals surface area contributed by atoms with Gasteiger partial charge in [-0.15, -0.1) is 0 Å². The number of aryl methyl sites for hydroxylation is 1. The van der Waals surface area contributed by atoms with E-state index in [1.165, 1.54) is 30.5 Å². The SMILES string of the molecule is Cc1ccc(C(=O)Nc2cc(C(=O)O)ccn2)c(F)c1. The molecule has 5 nitrogen and oxygen atoms in total. The van der Waals surface area contributed by atoms with Crippen LogP contribution >= 0.6 is 0 Å². The van der Waals surface area contributed by atoms with Crippen LogP contribution in [0.15, 0.2) is 36.5 Å². The third-order valence-electron chi connectivity index (χ3n) is 2.62. The molecule has 1 amide bonds. The van der Waals surface area contributed by atoms with E-state index in [1.54, 1.807) is 13.0 Å². The maximum absolute atomic E-state index is 13.6. The van der Waals surface area contributed by atoms with E-state index in [9.17, 15) is 14.0 Å². The van der Waals surface area contributed by atoms with Crippen LogP contribution in [0, 0.1) is 12.7 Å². The predicted molar refractivity (Wildman–Crippen MR) is 70.3 cm³/mol. The first kappa shape index (κ1) is 13.7. The molecule has 2 rings (SSSR count). The van der Waals surface area contributed by atoms with Gasteiger partial charge in [0.1, 0.15) is 11.6 Å². The van der Waals surface area contributed by atoms with Crippen LogP contribution in [0.4, 0.5) is 10.2 Å². The third-order valence-corrected chi connectivity index (χ3v) is 2.62. The van der Waals surface area contributed by atoms with Crippen LogP contribution in [0.2, 0.25) is 0 Å². The van der Waals surface area contributed by atoms with Crippen LogP contribution in [-0.4, -0.2) is 22.0 Å². The Hall–Kier alpha value is -2.76. The van der Waals surface area contributed by atoms with Crippen molar-refractivity contribution in [2.75, 3.05) is 5.32 Å². The summed E-state index contributed by atoms with van der Waals surface area (Å²) in [7, 11) is 0. The van der Waals surface area contributed by atoms with E-state index < -0.39 is 17.7 Å². The van der Waals surface area contributed by atoms with Crippen molar-refractivity contribution in [3.8, 4) is 0 Å². The molecule has 0 aliphatic rings. The van der Waals surface area contributed by atoms with Crippen molar-refractivity contribution in [2.24, 2.45) is 0 Å². The number of carboxylic acids is 1. The van der Waals surface area contributed by atoms with Gasteiger partial charge in [-0.3, -0.25) is 4.79 Å². The molecule has 0 spiro atoms. The highest BCUT2D eigenvalue weighted by Gasteiger charge is 2.13. The maximum Gasteiger partial charge on any atom is 0.335 e. The average molecular weight is 274 g/mol. The topological polar surface area (TPSA) is 79.3 Å². The van der Waals surface area contributed by atoms with Gasteiger partial charge in [0.15, 0.2) is 0 Å². The van der Waals surface area contributed by atoms with Gasteiger partial charge in [0, 0.05) is 6.20 Å². The van der Waals surface area contributed by atoms with Crippen molar-refractivity contribution in [2.45, 2.75) is 6.92 Å². The normalized spacial score (nSPS) is 10.1. The van der Waals surface area contributed by atoms with Crippen molar-refractivity contribution in [1.29, 1.82) is 0 Å². The lowest BCUT2D eigenvalue weighted by atomic mass is 10.1. The number of carbonyl (C=O) groups excluding carboxylic acids is 1. The minimum absolute atomic E-state index is 0.0142. The van der Waals surface area contributed by atoms with E-state index in [2.05, 4.69) is 10.3 Å². The second-order valence-corrected chi connectivity index (χ2v) is 4.17. The maximum atomic E-state index is 13.6. The second kappa shape index (κ2) is 5.48. The molecular weight excluding hydrogens is 263 g/mol. The number of nitrogens with one attached hydrogen (secondary N) is 1. The Bertz CT molecular complexity index is 686. The van der Waals surface area contributed by atoms with Crippen LogP contribution in [0.25, 0.3) is 0 Å². The zero-order valence-electron chi connectivity index (χ0n) is 10.6. The number of carbonyl (C=O) groups is 2. The van der Waals surface area contributed by atoms with Gasteiger partial charge in [0.25, 0.3) is 5.91 Å². The van der Waals surface area contributed by atoms with Crippen LogP contribution in [-0.2, 0) is 0 Å². The summed E-state index contributed by atoms with van der Waals surface area (Å²) in [5, 5.41) is 11.2. The van der Waals surface area contributed by atoms with Gasteiger partial charge in [-0.1, -0.05) is 6.07 Å². The molecule has 102 valence electrons. The Balaban J connectivity index is 2.23. The summed E-state index contributed by atoms with van der Waals surface area (Å²) in [6.45, 7) is 1.71. The van der Waals surface area contributed by atoms with Crippen molar-refractivity contribution in [3.63, 3.8) is 0 Å². The zero-order valence-corrected chi connectivity index (χ0v) is 10.6. The van der Waals surface area contributed by atoms with E-state index in [0.717, 1.165) is 0 Å². The number of carboxylic acid groups (broad SMARTS) is 1. The Labute approximate surface area is 114 Å². The van der Waals surface area contributed by atoms with Crippen LogP contribution in [0.5, 0.6) is 0 Å². The number of aromatic carboxylic acids is 1. The number of aromatic nitrogens is 1. The van der Waals surface area contributed by atoms with Gasteiger partial charge in [0.2, 0.25) is 0 Å². The number of rotatable bonds is 3. The fourth-order valence-electron chi connectivity index (χ4n) is 1.62. The average Bonchev–Trinajstić information content (AvgIpc) is 2.38. The number of nitrogens with zero attached hydrogens (tertiary/aromatic N) is 1. The molecule has 1 aromatic heterocycles. The second-order valence-electron chi connectivity index (χ2n) is 4.17. The first-order chi connectivity index (χ1) is 9.47. The molecule has 1 aromatic carbocycles. The highest BCUT2D eigenvalue weighted by Crippen LogP contribution is 2.13. The van der Waals surface area contributed by atoms with Crippen molar-refractivity contribution in [3.05, 3.63) is 59.0 Å². The van der Waals surface area contributed by atoms with Gasteiger partial charge < -0.3 is 10.4 Å². The molecule has 1 heterocycles. The summed E-state index contributed by atoms with van der Waals surface area (Å²) in [6, 6.07) is 6.72. The molecule has 0 aliphatic carbocycles. The Morgan fingerprint density at radius 1 is 1.25 bits per heavy atom. The number of hydrogen-bond donors (Lipinski definition) is 2. The Morgan fingerprint density at radius 2 is 2.00 bits per heavy atom. The van der Waals surface area contributed by atoms with Crippen molar-refractivity contribution in [1.82, 2.24) is 4.98 Å². The number of halogens is 1. The van der Waals surface area contributed by atoms with Crippen LogP contribution < -0.4 is 5.32 Å². The number of benzene rings is 1. The lowest BCUT2D eigenvalue weighted by Gasteiger charge is -2.06. The summed E-state index contributed by atoms with van der Waals surface area (Å²) >= 11 is 0. The first-order valence-corrected chi connectivity index (χ1v) is 5.74. The largest absolute Gasteiger partial charge is 0.478 e. The van der Waals surface area contributed by atoms with Crippen molar-refractivity contribution < 1.29 is 19.1 Å². The van der Waals surface area contributed by atoms with Gasteiger partial charge >= 0.3 is 5.97 Å². The van der Waals surface area contributed by atoms with Gasteiger partial charge in [0.05, 0.1) is 11.1 Å². The lowest BCUT2D eigenvalue weighted by Crippen LogP contribution is -2.15. The van der Waals surface area contributed by atoms with Crippen LogP contribution in [0.1, 0.15) is 26.3 Å². The lowest BCUT2D eigenvalue weighted by molar-refractivity contribution is 0.0696. The highest BCUT2D eigenvalue weighted by molar-refractivity contribution is 6.04. The van der Waals surface area contributed by atoms with E-state index in [1.807, 2.05) is 0 Å². The predicted octanol–water partition coefficient (Wildman–Crippen LogP) is 2.48. The monoisotopic (exact) mass is 274 g/mol. The summed E-state index contributed by atoms with van der Waals surface area (Å²) in [6.07, 6.45) is 1.25. The Morgan fingerprint density at radius 3 is 2.65 bits per heavy atom. The van der Waals surface area contributed by atoms with Crippen molar-refractivity contribution >= 4 is 17.7 Å². The fourth-order valence-corrected chi connectivity index (χ4v) is 1.62. The molecule has 0 fully saturated rings. The summed E-state index contributed by atoms with van der Waals surface area (Å²) in [5.41, 5.74) is 0.558. The Kier molecular flexibility index (Phi) is 3.74. The number of anilines is 1. The van der Waals surface area contributed by atoms with Gasteiger partial charge in [-0.25, -0.2) is 14.2 Å². The number of pyridine rings is 1. The molecule has 0 aliphatic heterocycles. The molecule has 0 saturated carbocycles. The van der Waals surface area contributed by atoms with E-state index in [4.69, 9.17) is 5.11 Å². The highest BCUT2D eigenvalue weighted by atomic mass is 19.1. The molecule has 2 N–H and O–H groups in total. The summed E-state index contributed by atoms with van der Waals surface area (Å²) in [4.78, 5) is 26.5. The molecule has 0 unspecified atom stereocenters. The fraction of sp³-hybridized carbons (Fsp3) is 0.0714. The number of amides is 1. The molecule has 0 saturated heterocycles. The zero-order chi connectivity index (χ0) is 14.7.